The molecule has 3 aliphatic rings. The highest BCUT2D eigenvalue weighted by atomic mass is 16.4. The van der Waals surface area contributed by atoms with Gasteiger partial charge in [-0.1, -0.05) is 44.9 Å². The molecule has 0 saturated heterocycles. The average Bonchev–Trinajstić information content (AvgIpc) is 2.84. The van der Waals surface area contributed by atoms with Crippen molar-refractivity contribution < 1.29 is 9.90 Å². The molecule has 3 aliphatic carbocycles. The number of benzene rings is 2. The van der Waals surface area contributed by atoms with Crippen molar-refractivity contribution >= 4 is 5.97 Å². The molecular formula is C29H32N2O2. The molecule has 2 aromatic carbocycles. The van der Waals surface area contributed by atoms with Gasteiger partial charge in [0.25, 0.3) is 0 Å². The molecule has 3 fully saturated rings. The van der Waals surface area contributed by atoms with E-state index in [1.54, 1.807) is 6.07 Å². The molecule has 4 nitrogen and oxygen atoms in total. The predicted octanol–water partition coefficient (Wildman–Crippen LogP) is 7.14. The molecule has 0 aliphatic heterocycles. The third-order valence-corrected chi connectivity index (χ3v) is 8.37. The average molecular weight is 441 g/mol. The number of hydrogen-bond donors (Lipinski definition) is 1. The van der Waals surface area contributed by atoms with Gasteiger partial charge >= 0.3 is 5.97 Å². The summed E-state index contributed by atoms with van der Waals surface area (Å²) in [6.45, 7) is 4.31. The molecule has 0 atom stereocenters. The molecule has 0 radical (unpaired) electrons. The first kappa shape index (κ1) is 23.1. The summed E-state index contributed by atoms with van der Waals surface area (Å²) in [6, 6.07) is 13.9. The lowest BCUT2D eigenvalue weighted by molar-refractivity contribution is 0.0320. The van der Waals surface area contributed by atoms with Gasteiger partial charge in [-0.05, 0) is 91.0 Å². The molecule has 1 N–H and O–H groups in total. The van der Waals surface area contributed by atoms with Crippen molar-refractivity contribution in [1.29, 1.82) is 10.5 Å². The largest absolute Gasteiger partial charge is 0.478 e. The van der Waals surface area contributed by atoms with Gasteiger partial charge in [0.15, 0.2) is 0 Å². The molecule has 2 bridgehead atoms. The smallest absolute Gasteiger partial charge is 0.336 e. The minimum absolute atomic E-state index is 0.0916. The van der Waals surface area contributed by atoms with Gasteiger partial charge in [-0.2, -0.15) is 10.5 Å². The Bertz CT molecular complexity index is 1140. The maximum absolute atomic E-state index is 12.1. The van der Waals surface area contributed by atoms with E-state index in [4.69, 9.17) is 0 Å². The quantitative estimate of drug-likeness (QED) is 0.496. The van der Waals surface area contributed by atoms with Gasteiger partial charge in [-0.15, -0.1) is 0 Å². The normalized spacial score (nSPS) is 23.6. The number of fused-ring (bicyclic) bond motifs is 3. The summed E-state index contributed by atoms with van der Waals surface area (Å²) in [6.07, 6.45) is 11.3. The van der Waals surface area contributed by atoms with Crippen LogP contribution in [0.2, 0.25) is 0 Å². The second-order valence-corrected chi connectivity index (χ2v) is 10.1. The molecule has 170 valence electrons. The minimum atomic E-state index is -1.01. The van der Waals surface area contributed by atoms with Crippen molar-refractivity contribution in [2.45, 2.75) is 83.5 Å². The van der Waals surface area contributed by atoms with Crippen molar-refractivity contribution in [2.24, 2.45) is 5.41 Å². The molecule has 2 aromatic rings. The standard InChI is InChI=1S/C29H32N2O2/c1-3-5-20-6-8-22(26(19-31)25(20)18-30)24-17-21(7-9-23(24)27(32)33)29-14-11-28(10-4-2,12-15-29)13-16-29/h6-9,17H,3-5,10-16H2,1-2H3,(H,32,33). The highest BCUT2D eigenvalue weighted by Crippen LogP contribution is 2.59. The maximum Gasteiger partial charge on any atom is 0.336 e. The first-order valence-electron chi connectivity index (χ1n) is 12.3. The number of carboxylic acids is 1. The van der Waals surface area contributed by atoms with Crippen molar-refractivity contribution in [1.82, 2.24) is 0 Å². The van der Waals surface area contributed by atoms with Crippen LogP contribution in [0, 0.1) is 28.1 Å². The van der Waals surface area contributed by atoms with Crippen LogP contribution < -0.4 is 0 Å². The lowest BCUT2D eigenvalue weighted by atomic mass is 9.51. The van der Waals surface area contributed by atoms with Crippen LogP contribution in [0.4, 0.5) is 0 Å². The third kappa shape index (κ3) is 3.93. The number of carbonyl (C=O) groups is 1. The van der Waals surface area contributed by atoms with Crippen molar-refractivity contribution in [3.63, 3.8) is 0 Å². The second-order valence-electron chi connectivity index (χ2n) is 10.1. The number of nitriles is 2. The Morgan fingerprint density at radius 3 is 2.12 bits per heavy atom. The molecule has 33 heavy (non-hydrogen) atoms. The van der Waals surface area contributed by atoms with E-state index in [-0.39, 0.29) is 16.5 Å². The van der Waals surface area contributed by atoms with Crippen LogP contribution in [0.5, 0.6) is 0 Å². The molecule has 0 heterocycles. The molecule has 0 aromatic heterocycles. The monoisotopic (exact) mass is 440 g/mol. The van der Waals surface area contributed by atoms with Crippen molar-refractivity contribution in [2.75, 3.05) is 0 Å². The van der Waals surface area contributed by atoms with Crippen LogP contribution in [0.3, 0.4) is 0 Å². The Labute approximate surface area is 196 Å². The highest BCUT2D eigenvalue weighted by Gasteiger charge is 2.48. The fraction of sp³-hybridized carbons (Fsp3) is 0.483. The zero-order valence-corrected chi connectivity index (χ0v) is 19.7. The van der Waals surface area contributed by atoms with Gasteiger partial charge in [0, 0.05) is 5.56 Å². The fourth-order valence-electron chi connectivity index (χ4n) is 6.48. The van der Waals surface area contributed by atoms with E-state index in [1.807, 2.05) is 31.2 Å². The summed E-state index contributed by atoms with van der Waals surface area (Å²) in [5, 5.41) is 29.7. The summed E-state index contributed by atoms with van der Waals surface area (Å²) in [5.41, 5.74) is 4.58. The summed E-state index contributed by atoms with van der Waals surface area (Å²) >= 11 is 0. The van der Waals surface area contributed by atoms with Crippen LogP contribution in [-0.2, 0) is 11.8 Å². The lowest BCUT2D eigenvalue weighted by Crippen LogP contribution is -2.44. The van der Waals surface area contributed by atoms with Gasteiger partial charge in [-0.3, -0.25) is 0 Å². The summed E-state index contributed by atoms with van der Waals surface area (Å²) < 4.78 is 0. The number of aromatic carboxylic acids is 1. The molecule has 0 spiro atoms. The van der Waals surface area contributed by atoms with E-state index in [0.717, 1.165) is 31.2 Å². The molecule has 4 heteroatoms. The van der Waals surface area contributed by atoms with E-state index < -0.39 is 5.97 Å². The predicted molar refractivity (Wildman–Crippen MR) is 129 cm³/mol. The van der Waals surface area contributed by atoms with E-state index in [9.17, 15) is 20.4 Å². The van der Waals surface area contributed by atoms with Gasteiger partial charge in [0.2, 0.25) is 0 Å². The van der Waals surface area contributed by atoms with Gasteiger partial charge in [0.1, 0.15) is 12.1 Å². The molecule has 0 amide bonds. The third-order valence-electron chi connectivity index (χ3n) is 8.37. The van der Waals surface area contributed by atoms with Crippen LogP contribution in [0.1, 0.15) is 104 Å². The second kappa shape index (κ2) is 9.03. The van der Waals surface area contributed by atoms with Crippen molar-refractivity contribution in [3.05, 3.63) is 58.1 Å². The molecular weight excluding hydrogens is 408 g/mol. The fourth-order valence-corrected chi connectivity index (χ4v) is 6.48. The Balaban J connectivity index is 1.83. The van der Waals surface area contributed by atoms with Gasteiger partial charge in [-0.25, -0.2) is 4.79 Å². The van der Waals surface area contributed by atoms with E-state index in [2.05, 4.69) is 19.1 Å². The Kier molecular flexibility index (Phi) is 6.31. The summed E-state index contributed by atoms with van der Waals surface area (Å²) in [5.74, 6) is -1.01. The number of aryl methyl sites for hydroxylation is 1. The van der Waals surface area contributed by atoms with Crippen LogP contribution >= 0.6 is 0 Å². The SMILES string of the molecule is CCCc1ccc(-c2cc(C34CCC(CCC)(CC3)CC4)ccc2C(=O)O)c(C#N)c1C#N. The zero-order valence-electron chi connectivity index (χ0n) is 19.7. The van der Waals surface area contributed by atoms with E-state index in [0.29, 0.717) is 28.5 Å². The number of hydrogen-bond acceptors (Lipinski definition) is 3. The molecule has 5 rings (SSSR count). The topological polar surface area (TPSA) is 84.9 Å². The van der Waals surface area contributed by atoms with Gasteiger partial charge in [0.05, 0.1) is 16.7 Å². The van der Waals surface area contributed by atoms with Crippen LogP contribution in [-0.4, -0.2) is 11.1 Å². The molecule has 0 unspecified atom stereocenters. The van der Waals surface area contributed by atoms with Gasteiger partial charge < -0.3 is 5.11 Å². The zero-order chi connectivity index (χ0) is 23.6. The first-order valence-corrected chi connectivity index (χ1v) is 12.3. The van der Waals surface area contributed by atoms with Crippen molar-refractivity contribution in [3.8, 4) is 23.3 Å². The Morgan fingerprint density at radius 2 is 1.58 bits per heavy atom. The number of carboxylic acid groups (broad SMARTS) is 1. The minimum Gasteiger partial charge on any atom is -0.478 e. The highest BCUT2D eigenvalue weighted by molar-refractivity contribution is 5.97. The first-order chi connectivity index (χ1) is 15.9. The van der Waals surface area contributed by atoms with Crippen LogP contribution in [0.15, 0.2) is 30.3 Å². The summed E-state index contributed by atoms with van der Waals surface area (Å²) in [4.78, 5) is 12.1. The van der Waals surface area contributed by atoms with E-state index >= 15 is 0 Å². The van der Waals surface area contributed by atoms with E-state index in [1.165, 1.54) is 37.7 Å². The number of rotatable bonds is 7. The van der Waals surface area contributed by atoms with Crippen LogP contribution in [0.25, 0.3) is 11.1 Å². The Morgan fingerprint density at radius 1 is 0.909 bits per heavy atom. The summed E-state index contributed by atoms with van der Waals surface area (Å²) in [7, 11) is 0. The Hall–Kier alpha value is -3.11. The number of nitrogens with zero attached hydrogens (tertiary/aromatic N) is 2. The lowest BCUT2D eigenvalue weighted by Gasteiger charge is -2.54. The maximum atomic E-state index is 12.1. The molecule has 3 saturated carbocycles.